The van der Waals surface area contributed by atoms with Crippen molar-refractivity contribution >= 4 is 0 Å². The van der Waals surface area contributed by atoms with E-state index in [0.717, 1.165) is 12.8 Å². The Balaban J connectivity index is 2.61. The van der Waals surface area contributed by atoms with E-state index in [2.05, 4.69) is 5.73 Å². The monoisotopic (exact) mass is 133 g/mol. The molecule has 1 aliphatic rings. The van der Waals surface area contributed by atoms with Crippen LogP contribution >= 0.6 is 0 Å². The highest BCUT2D eigenvalue weighted by molar-refractivity contribution is 5.14. The summed E-state index contributed by atoms with van der Waals surface area (Å²) in [6.07, 6.45) is 3.56. The minimum atomic E-state index is -3.06. The summed E-state index contributed by atoms with van der Waals surface area (Å²) >= 11 is 0. The van der Waals surface area contributed by atoms with Crippen LogP contribution in [0.2, 0.25) is 0 Å². The van der Waals surface area contributed by atoms with Crippen molar-refractivity contribution in [1.82, 2.24) is 0 Å². The Morgan fingerprint density at radius 3 is 2.44 bits per heavy atom. The zero-order chi connectivity index (χ0) is 6.91. The van der Waals surface area contributed by atoms with Crippen LogP contribution in [0.25, 0.3) is 0 Å². The van der Waals surface area contributed by atoms with Crippen molar-refractivity contribution in [2.24, 2.45) is 5.73 Å². The first-order valence-corrected chi connectivity index (χ1v) is 2.97. The zero-order valence-corrected chi connectivity index (χ0v) is 5.03. The van der Waals surface area contributed by atoms with E-state index in [0.29, 0.717) is 6.42 Å². The predicted molar refractivity (Wildman–Crippen MR) is 31.1 cm³/mol. The average molecular weight is 133 g/mol. The van der Waals surface area contributed by atoms with Crippen LogP contribution < -0.4 is 5.73 Å². The van der Waals surface area contributed by atoms with Gasteiger partial charge in [-0.2, -0.15) is 8.78 Å². The van der Waals surface area contributed by atoms with Gasteiger partial charge in [0, 0.05) is 5.57 Å². The molecule has 3 heteroatoms. The Bertz CT molecular complexity index is 134. The highest BCUT2D eigenvalue weighted by atomic mass is 19.3. The third-order valence-electron chi connectivity index (χ3n) is 1.47. The maximum Gasteiger partial charge on any atom is 0.322 e. The molecule has 1 nitrogen and oxygen atoms in total. The number of rotatable bonds is 1. The number of hydrogen-bond donors (Lipinski definition) is 1. The molecule has 0 saturated carbocycles. The number of allylic oxidation sites excluding steroid dienone is 1. The molecule has 1 rings (SSSR count). The van der Waals surface area contributed by atoms with Gasteiger partial charge in [-0.3, -0.25) is 5.73 Å². The summed E-state index contributed by atoms with van der Waals surface area (Å²) in [4.78, 5) is 0. The van der Waals surface area contributed by atoms with Gasteiger partial charge in [-0.05, 0) is 19.3 Å². The lowest BCUT2D eigenvalue weighted by Gasteiger charge is -2.09. The molecule has 0 spiro atoms. The van der Waals surface area contributed by atoms with Gasteiger partial charge in [-0.15, -0.1) is 0 Å². The van der Waals surface area contributed by atoms with Gasteiger partial charge < -0.3 is 0 Å². The Labute approximate surface area is 52.5 Å². The van der Waals surface area contributed by atoms with Crippen LogP contribution in [0.15, 0.2) is 11.6 Å². The van der Waals surface area contributed by atoms with Gasteiger partial charge in [-0.1, -0.05) is 6.08 Å². The Morgan fingerprint density at radius 2 is 2.22 bits per heavy atom. The summed E-state index contributed by atoms with van der Waals surface area (Å²) in [6, 6.07) is -3.06. The third-order valence-corrected chi connectivity index (χ3v) is 1.47. The fraction of sp³-hybridized carbons (Fsp3) is 0.667. The van der Waals surface area contributed by atoms with E-state index in [4.69, 9.17) is 0 Å². The minimum absolute atomic E-state index is 0.0995. The van der Waals surface area contributed by atoms with Crippen molar-refractivity contribution in [2.45, 2.75) is 25.3 Å². The standard InChI is InChI=1S/C6H9F2N/c7-6(8,9)5-3-1-2-4-5/h3H,1-2,4,9H2. The summed E-state index contributed by atoms with van der Waals surface area (Å²) in [7, 11) is 0. The van der Waals surface area contributed by atoms with Crippen molar-refractivity contribution in [1.29, 1.82) is 0 Å². The molecule has 0 bridgehead atoms. The molecule has 9 heavy (non-hydrogen) atoms. The quantitative estimate of drug-likeness (QED) is 0.427. The van der Waals surface area contributed by atoms with Gasteiger partial charge in [0.15, 0.2) is 0 Å². The van der Waals surface area contributed by atoms with E-state index in [1.165, 1.54) is 6.08 Å². The lowest BCUT2D eigenvalue weighted by molar-refractivity contribution is 0.0468. The molecule has 0 unspecified atom stereocenters. The summed E-state index contributed by atoms with van der Waals surface area (Å²) in [6.45, 7) is 0. The van der Waals surface area contributed by atoms with Gasteiger partial charge in [0.25, 0.3) is 0 Å². The maximum atomic E-state index is 12.1. The third kappa shape index (κ3) is 1.48. The van der Waals surface area contributed by atoms with Gasteiger partial charge in [0.1, 0.15) is 0 Å². The molecule has 0 aliphatic heterocycles. The molecule has 0 aromatic heterocycles. The van der Waals surface area contributed by atoms with Gasteiger partial charge in [0.05, 0.1) is 0 Å². The first-order valence-electron chi connectivity index (χ1n) is 2.97. The Kier molecular flexibility index (Phi) is 1.53. The van der Waals surface area contributed by atoms with Crippen LogP contribution in [0, 0.1) is 0 Å². The average Bonchev–Trinajstić information content (AvgIpc) is 2.08. The number of alkyl halides is 2. The largest absolute Gasteiger partial charge is 0.322 e. The second-order valence-electron chi connectivity index (χ2n) is 2.24. The summed E-state index contributed by atoms with van der Waals surface area (Å²) in [5, 5.41) is 0. The summed E-state index contributed by atoms with van der Waals surface area (Å²) < 4.78 is 24.3. The van der Waals surface area contributed by atoms with Gasteiger partial charge in [-0.25, -0.2) is 0 Å². The van der Waals surface area contributed by atoms with Crippen molar-refractivity contribution in [2.75, 3.05) is 0 Å². The Morgan fingerprint density at radius 1 is 1.56 bits per heavy atom. The van der Waals surface area contributed by atoms with Crippen LogP contribution in [0.4, 0.5) is 8.78 Å². The molecule has 0 amide bonds. The SMILES string of the molecule is NC(F)(F)C1=CCCC1. The number of nitrogens with two attached hydrogens (primary N) is 1. The van der Waals surface area contributed by atoms with Crippen LogP contribution in [-0.4, -0.2) is 6.05 Å². The molecule has 0 fully saturated rings. The van der Waals surface area contributed by atoms with Crippen LogP contribution in [0.1, 0.15) is 19.3 Å². The van der Waals surface area contributed by atoms with Crippen LogP contribution in [0.3, 0.4) is 0 Å². The lowest BCUT2D eigenvalue weighted by Crippen LogP contribution is -2.29. The molecule has 0 atom stereocenters. The molecule has 2 N–H and O–H groups in total. The van der Waals surface area contributed by atoms with Gasteiger partial charge in [0.2, 0.25) is 0 Å². The zero-order valence-electron chi connectivity index (χ0n) is 5.03. The van der Waals surface area contributed by atoms with E-state index < -0.39 is 6.05 Å². The maximum absolute atomic E-state index is 12.1. The van der Waals surface area contributed by atoms with Gasteiger partial charge >= 0.3 is 6.05 Å². The van der Waals surface area contributed by atoms with Crippen molar-refractivity contribution in [3.8, 4) is 0 Å². The molecular weight excluding hydrogens is 124 g/mol. The first kappa shape index (κ1) is 6.68. The molecule has 0 heterocycles. The summed E-state index contributed by atoms with van der Waals surface area (Å²) in [5.74, 6) is 0. The number of hydrogen-bond acceptors (Lipinski definition) is 1. The van der Waals surface area contributed by atoms with Crippen molar-refractivity contribution < 1.29 is 8.78 Å². The van der Waals surface area contributed by atoms with E-state index in [1.807, 2.05) is 0 Å². The molecule has 0 aromatic rings. The molecule has 52 valence electrons. The van der Waals surface area contributed by atoms with E-state index in [1.54, 1.807) is 0 Å². The van der Waals surface area contributed by atoms with E-state index >= 15 is 0 Å². The fourth-order valence-electron chi connectivity index (χ4n) is 0.974. The van der Waals surface area contributed by atoms with Crippen molar-refractivity contribution in [3.05, 3.63) is 11.6 Å². The topological polar surface area (TPSA) is 26.0 Å². The molecule has 0 aromatic carbocycles. The summed E-state index contributed by atoms with van der Waals surface area (Å²) in [5.41, 5.74) is 4.64. The van der Waals surface area contributed by atoms with Crippen molar-refractivity contribution in [3.63, 3.8) is 0 Å². The van der Waals surface area contributed by atoms with E-state index in [-0.39, 0.29) is 5.57 Å². The smallest absolute Gasteiger partial charge is 0.268 e. The molecular formula is C6H9F2N. The molecule has 1 aliphatic carbocycles. The molecule has 0 radical (unpaired) electrons. The van der Waals surface area contributed by atoms with E-state index in [9.17, 15) is 8.78 Å². The molecule has 0 saturated heterocycles. The van der Waals surface area contributed by atoms with Crippen LogP contribution in [-0.2, 0) is 0 Å². The lowest BCUT2D eigenvalue weighted by atomic mass is 10.2. The second-order valence-corrected chi connectivity index (χ2v) is 2.24. The second kappa shape index (κ2) is 2.06. The Hall–Kier alpha value is -0.440. The minimum Gasteiger partial charge on any atom is -0.268 e. The highest BCUT2D eigenvalue weighted by Crippen LogP contribution is 2.28. The number of halogens is 2. The fourth-order valence-corrected chi connectivity index (χ4v) is 0.974. The normalized spacial score (nSPS) is 20.1. The highest BCUT2D eigenvalue weighted by Gasteiger charge is 2.29. The predicted octanol–water partition coefficient (Wildman–Crippen LogP) is 1.65. The first-order chi connectivity index (χ1) is 4.11. The van der Waals surface area contributed by atoms with Crippen LogP contribution in [0.5, 0.6) is 0 Å².